The van der Waals surface area contributed by atoms with Gasteiger partial charge in [0, 0.05) is 41.5 Å². The maximum atomic E-state index is 10.9. The lowest BCUT2D eigenvalue weighted by Gasteiger charge is -2.21. The van der Waals surface area contributed by atoms with Crippen LogP contribution >= 0.6 is 0 Å². The Kier molecular flexibility index (Phi) is 3.31. The van der Waals surface area contributed by atoms with Gasteiger partial charge in [0.05, 0.1) is 0 Å². The van der Waals surface area contributed by atoms with Gasteiger partial charge in [0.25, 0.3) is 0 Å². The zero-order valence-electron chi connectivity index (χ0n) is 5.88. The molecule has 0 spiro atoms. The van der Waals surface area contributed by atoms with Crippen molar-refractivity contribution in [3.05, 3.63) is 0 Å². The van der Waals surface area contributed by atoms with E-state index in [1.54, 1.807) is 0 Å². The summed E-state index contributed by atoms with van der Waals surface area (Å²) in [6.07, 6.45) is 0.728. The van der Waals surface area contributed by atoms with Crippen LogP contribution in [0.3, 0.4) is 0 Å². The molecule has 1 aliphatic heterocycles. The average molecular weight is 163 g/mol. The molecule has 0 amide bonds. The van der Waals surface area contributed by atoms with E-state index in [1.807, 2.05) is 0 Å². The van der Waals surface area contributed by atoms with Crippen LogP contribution in [0.25, 0.3) is 0 Å². The zero-order valence-corrected chi connectivity index (χ0v) is 6.69. The minimum Gasteiger partial charge on any atom is -0.396 e. The monoisotopic (exact) mass is 163 g/mol. The summed E-state index contributed by atoms with van der Waals surface area (Å²) in [5.41, 5.74) is 0. The van der Waals surface area contributed by atoms with Crippen molar-refractivity contribution < 1.29 is 9.32 Å². The lowest BCUT2D eigenvalue weighted by atomic mass is 10.2. The number of aliphatic hydroxyl groups is 1. The molecule has 0 aliphatic carbocycles. The number of hydrogen-bond acceptors (Lipinski definition) is 3. The first-order valence-electron chi connectivity index (χ1n) is 3.52. The van der Waals surface area contributed by atoms with Gasteiger partial charge in [0.2, 0.25) is 0 Å². The Balaban J connectivity index is 2.25. The molecule has 0 aromatic heterocycles. The summed E-state index contributed by atoms with van der Waals surface area (Å²) in [6, 6.07) is 0.277. The Morgan fingerprint density at radius 2 is 2.50 bits per heavy atom. The van der Waals surface area contributed by atoms with Gasteiger partial charge in [0.1, 0.15) is 0 Å². The van der Waals surface area contributed by atoms with Gasteiger partial charge < -0.3 is 10.4 Å². The van der Waals surface area contributed by atoms with Crippen LogP contribution in [0.5, 0.6) is 0 Å². The predicted molar refractivity (Wildman–Crippen MR) is 41.4 cm³/mol. The van der Waals surface area contributed by atoms with Gasteiger partial charge in [-0.3, -0.25) is 4.21 Å². The first-order valence-corrected chi connectivity index (χ1v) is 5.01. The van der Waals surface area contributed by atoms with Crippen molar-refractivity contribution in [2.75, 3.05) is 24.7 Å². The fraction of sp³-hybridized carbons (Fsp3) is 1.00. The highest BCUT2D eigenvalue weighted by atomic mass is 32.2. The Hall–Kier alpha value is 0.0700. The molecule has 3 nitrogen and oxygen atoms in total. The van der Waals surface area contributed by atoms with Crippen molar-refractivity contribution in [1.29, 1.82) is 0 Å². The Bertz CT molecular complexity index is 127. The Morgan fingerprint density at radius 3 is 3.10 bits per heavy atom. The molecule has 60 valence electrons. The van der Waals surface area contributed by atoms with E-state index in [1.165, 1.54) is 0 Å². The highest BCUT2D eigenvalue weighted by Gasteiger charge is 2.16. The fourth-order valence-electron chi connectivity index (χ4n) is 1.08. The van der Waals surface area contributed by atoms with E-state index in [2.05, 4.69) is 5.32 Å². The molecule has 1 fully saturated rings. The van der Waals surface area contributed by atoms with E-state index in [0.717, 1.165) is 18.7 Å². The molecule has 0 bridgehead atoms. The van der Waals surface area contributed by atoms with E-state index >= 15 is 0 Å². The van der Waals surface area contributed by atoms with Crippen molar-refractivity contribution in [1.82, 2.24) is 5.32 Å². The standard InChI is InChI=1S/C6H13NO2S/c8-3-1-6-5-10(9)4-2-7-6/h6-8H,1-5H2. The van der Waals surface area contributed by atoms with E-state index in [4.69, 9.17) is 5.11 Å². The Labute approximate surface area is 63.3 Å². The Morgan fingerprint density at radius 1 is 1.70 bits per heavy atom. The smallest absolute Gasteiger partial charge is 0.0446 e. The molecule has 0 radical (unpaired) electrons. The summed E-state index contributed by atoms with van der Waals surface area (Å²) in [5, 5.41) is 11.8. The average Bonchev–Trinajstić information content (AvgIpc) is 1.88. The van der Waals surface area contributed by atoms with Gasteiger partial charge in [-0.1, -0.05) is 0 Å². The molecular formula is C6H13NO2S. The summed E-state index contributed by atoms with van der Waals surface area (Å²) in [7, 11) is -0.645. The molecule has 1 heterocycles. The molecule has 0 aromatic rings. The molecule has 2 unspecified atom stereocenters. The third-order valence-electron chi connectivity index (χ3n) is 1.63. The van der Waals surface area contributed by atoms with Gasteiger partial charge >= 0.3 is 0 Å². The number of hydrogen-bond donors (Lipinski definition) is 2. The van der Waals surface area contributed by atoms with E-state index in [-0.39, 0.29) is 12.6 Å². The highest BCUT2D eigenvalue weighted by Crippen LogP contribution is 1.99. The van der Waals surface area contributed by atoms with Crippen molar-refractivity contribution in [2.24, 2.45) is 0 Å². The normalized spacial score (nSPS) is 34.1. The van der Waals surface area contributed by atoms with Gasteiger partial charge in [0.15, 0.2) is 0 Å². The number of aliphatic hydroxyl groups excluding tert-OH is 1. The summed E-state index contributed by atoms with van der Waals surface area (Å²) < 4.78 is 10.9. The number of rotatable bonds is 2. The maximum absolute atomic E-state index is 10.9. The van der Waals surface area contributed by atoms with Crippen LogP contribution in [0.1, 0.15) is 6.42 Å². The van der Waals surface area contributed by atoms with Crippen LogP contribution in [0.15, 0.2) is 0 Å². The summed E-state index contributed by atoms with van der Waals surface area (Å²) in [6.45, 7) is 1.02. The zero-order chi connectivity index (χ0) is 7.40. The van der Waals surface area contributed by atoms with Crippen LogP contribution in [0, 0.1) is 0 Å². The van der Waals surface area contributed by atoms with Gasteiger partial charge in [-0.2, -0.15) is 0 Å². The fourth-order valence-corrected chi connectivity index (χ4v) is 2.33. The number of nitrogens with one attached hydrogen (secondary N) is 1. The maximum Gasteiger partial charge on any atom is 0.0446 e. The molecule has 2 atom stereocenters. The van der Waals surface area contributed by atoms with Crippen LogP contribution in [0.4, 0.5) is 0 Å². The molecule has 10 heavy (non-hydrogen) atoms. The second-order valence-electron chi connectivity index (χ2n) is 2.47. The third kappa shape index (κ3) is 2.36. The topological polar surface area (TPSA) is 49.3 Å². The van der Waals surface area contributed by atoms with Gasteiger partial charge in [-0.15, -0.1) is 0 Å². The van der Waals surface area contributed by atoms with E-state index in [0.29, 0.717) is 5.75 Å². The molecule has 0 aromatic carbocycles. The van der Waals surface area contributed by atoms with Crippen LogP contribution in [-0.2, 0) is 10.8 Å². The first-order chi connectivity index (χ1) is 4.83. The predicted octanol–water partition coefficient (Wildman–Crippen LogP) is -0.911. The van der Waals surface area contributed by atoms with Crippen LogP contribution in [-0.4, -0.2) is 40.0 Å². The highest BCUT2D eigenvalue weighted by molar-refractivity contribution is 7.85. The van der Waals surface area contributed by atoms with E-state index < -0.39 is 10.8 Å². The summed E-state index contributed by atoms with van der Waals surface area (Å²) in [4.78, 5) is 0. The lowest BCUT2D eigenvalue weighted by molar-refractivity contribution is 0.270. The van der Waals surface area contributed by atoms with Crippen LogP contribution < -0.4 is 5.32 Å². The van der Waals surface area contributed by atoms with Crippen molar-refractivity contribution in [3.63, 3.8) is 0 Å². The van der Waals surface area contributed by atoms with Crippen molar-refractivity contribution in [2.45, 2.75) is 12.5 Å². The van der Waals surface area contributed by atoms with Gasteiger partial charge in [-0.05, 0) is 6.42 Å². The van der Waals surface area contributed by atoms with Crippen LogP contribution in [0.2, 0.25) is 0 Å². The quantitative estimate of drug-likeness (QED) is 0.554. The first kappa shape index (κ1) is 8.17. The summed E-state index contributed by atoms with van der Waals surface area (Å²) in [5.74, 6) is 1.47. The molecule has 2 N–H and O–H groups in total. The van der Waals surface area contributed by atoms with Crippen molar-refractivity contribution >= 4 is 10.8 Å². The molecule has 4 heteroatoms. The second kappa shape index (κ2) is 4.05. The SMILES string of the molecule is O=S1CCNC(CCO)C1. The molecule has 1 saturated heterocycles. The largest absolute Gasteiger partial charge is 0.396 e. The summed E-state index contributed by atoms with van der Waals surface area (Å²) >= 11 is 0. The van der Waals surface area contributed by atoms with Gasteiger partial charge in [-0.25, -0.2) is 0 Å². The minimum absolute atomic E-state index is 0.189. The minimum atomic E-state index is -0.645. The second-order valence-corrected chi connectivity index (χ2v) is 4.10. The van der Waals surface area contributed by atoms with E-state index in [9.17, 15) is 4.21 Å². The molecule has 0 saturated carbocycles. The third-order valence-corrected chi connectivity index (χ3v) is 3.06. The van der Waals surface area contributed by atoms with Crippen molar-refractivity contribution in [3.8, 4) is 0 Å². The molecule has 1 rings (SSSR count). The molecular weight excluding hydrogens is 150 g/mol. The molecule has 1 aliphatic rings. The lowest BCUT2D eigenvalue weighted by Crippen LogP contribution is -2.42.